The van der Waals surface area contributed by atoms with Crippen LogP contribution in [0, 0.1) is 0 Å². The summed E-state index contributed by atoms with van der Waals surface area (Å²) < 4.78 is 38.4. The number of hydrogen-bond donors (Lipinski definition) is 1. The molecule has 0 saturated heterocycles. The van der Waals surface area contributed by atoms with Crippen LogP contribution < -0.4 is 0 Å². The number of nitrogens with one attached hydrogen (secondary N) is 1. The predicted molar refractivity (Wildman–Crippen MR) is 92.6 cm³/mol. The molecule has 0 aliphatic carbocycles. The fourth-order valence-electron chi connectivity index (χ4n) is 2.58. The first kappa shape index (κ1) is 16.5. The molecular formula is C18H10ClF3N4. The monoisotopic (exact) mass is 374 g/mol. The lowest BCUT2D eigenvalue weighted by Crippen LogP contribution is -2.05. The molecule has 0 saturated carbocycles. The lowest BCUT2D eigenvalue weighted by Gasteiger charge is -2.05. The number of pyridine rings is 2. The summed E-state index contributed by atoms with van der Waals surface area (Å²) in [5.41, 5.74) is 1.71. The average Bonchev–Trinajstić information content (AvgIpc) is 3.04. The maximum absolute atomic E-state index is 12.8. The van der Waals surface area contributed by atoms with Gasteiger partial charge in [0.15, 0.2) is 5.65 Å². The Morgan fingerprint density at radius 2 is 1.85 bits per heavy atom. The molecule has 130 valence electrons. The molecule has 4 nitrogen and oxygen atoms in total. The molecule has 1 aromatic carbocycles. The van der Waals surface area contributed by atoms with Gasteiger partial charge in [-0.05, 0) is 30.3 Å². The average molecular weight is 375 g/mol. The minimum absolute atomic E-state index is 0.192. The second-order valence-corrected chi connectivity index (χ2v) is 6.00. The molecule has 0 amide bonds. The van der Waals surface area contributed by atoms with Gasteiger partial charge in [0.1, 0.15) is 5.82 Å². The van der Waals surface area contributed by atoms with Crippen LogP contribution in [0.3, 0.4) is 0 Å². The van der Waals surface area contributed by atoms with Gasteiger partial charge in [0.2, 0.25) is 0 Å². The highest BCUT2D eigenvalue weighted by Gasteiger charge is 2.31. The van der Waals surface area contributed by atoms with E-state index in [0.29, 0.717) is 16.4 Å². The third-order valence-corrected chi connectivity index (χ3v) is 4.16. The molecule has 0 atom stereocenters. The highest BCUT2D eigenvalue weighted by atomic mass is 35.5. The fraction of sp³-hybridized carbons (Fsp3) is 0.0556. The van der Waals surface area contributed by atoms with Gasteiger partial charge in [0.05, 0.1) is 21.8 Å². The Hall–Kier alpha value is -2.93. The van der Waals surface area contributed by atoms with Crippen LogP contribution in [-0.2, 0) is 6.18 Å². The minimum Gasteiger partial charge on any atom is -0.337 e. The lowest BCUT2D eigenvalue weighted by molar-refractivity contribution is -0.137. The second-order valence-electron chi connectivity index (χ2n) is 5.59. The van der Waals surface area contributed by atoms with Crippen molar-refractivity contribution in [2.24, 2.45) is 0 Å². The summed E-state index contributed by atoms with van der Waals surface area (Å²) in [5, 5.41) is 0.406. The van der Waals surface area contributed by atoms with Gasteiger partial charge in [-0.3, -0.25) is 4.98 Å². The van der Waals surface area contributed by atoms with Crippen molar-refractivity contribution in [3.8, 4) is 22.6 Å². The molecule has 1 N–H and O–H groups in total. The Labute approximate surface area is 150 Å². The summed E-state index contributed by atoms with van der Waals surface area (Å²) in [6.45, 7) is 0. The molecule has 8 heteroatoms. The molecule has 0 unspecified atom stereocenters. The third-order valence-electron chi connectivity index (χ3n) is 3.85. The van der Waals surface area contributed by atoms with E-state index >= 15 is 0 Å². The standard InChI is InChI=1S/C18H10ClF3N4/c19-13-7-10(14-3-1-2-6-23-14)4-5-12(13)16-25-15-8-11(18(20,21)22)9-24-17(15)26-16/h1-9H,(H,24,25,26). The summed E-state index contributed by atoms with van der Waals surface area (Å²) in [6.07, 6.45) is -2.02. The van der Waals surface area contributed by atoms with E-state index in [9.17, 15) is 13.2 Å². The maximum Gasteiger partial charge on any atom is 0.417 e. The van der Waals surface area contributed by atoms with Crippen molar-refractivity contribution in [2.45, 2.75) is 6.18 Å². The van der Waals surface area contributed by atoms with E-state index in [-0.39, 0.29) is 11.2 Å². The van der Waals surface area contributed by atoms with Gasteiger partial charge in [-0.2, -0.15) is 13.2 Å². The number of fused-ring (bicyclic) bond motifs is 1. The van der Waals surface area contributed by atoms with Crippen molar-refractivity contribution < 1.29 is 13.2 Å². The first-order valence-corrected chi connectivity index (χ1v) is 7.94. The van der Waals surface area contributed by atoms with E-state index in [4.69, 9.17) is 11.6 Å². The first-order valence-electron chi connectivity index (χ1n) is 7.56. The van der Waals surface area contributed by atoms with Gasteiger partial charge >= 0.3 is 6.18 Å². The van der Waals surface area contributed by atoms with Crippen LogP contribution >= 0.6 is 11.6 Å². The fourth-order valence-corrected chi connectivity index (χ4v) is 2.85. The Bertz CT molecular complexity index is 1090. The number of hydrogen-bond acceptors (Lipinski definition) is 3. The predicted octanol–water partition coefficient (Wildman–Crippen LogP) is 5.36. The van der Waals surface area contributed by atoms with Crippen molar-refractivity contribution >= 4 is 22.8 Å². The van der Waals surface area contributed by atoms with Crippen molar-refractivity contribution in [1.29, 1.82) is 0 Å². The topological polar surface area (TPSA) is 54.5 Å². The second kappa shape index (κ2) is 6.10. The number of rotatable bonds is 2. The van der Waals surface area contributed by atoms with Gasteiger partial charge in [-0.25, -0.2) is 9.97 Å². The third kappa shape index (κ3) is 3.01. The van der Waals surface area contributed by atoms with Crippen molar-refractivity contribution in [3.05, 3.63) is 65.4 Å². The Morgan fingerprint density at radius 3 is 2.54 bits per heavy atom. The van der Waals surface area contributed by atoms with Gasteiger partial charge in [0.25, 0.3) is 0 Å². The molecule has 0 aliphatic heterocycles. The van der Waals surface area contributed by atoms with E-state index in [2.05, 4.69) is 19.9 Å². The molecule has 4 rings (SSSR count). The zero-order valence-corrected chi connectivity index (χ0v) is 13.8. The quantitative estimate of drug-likeness (QED) is 0.514. The van der Waals surface area contributed by atoms with Crippen LogP contribution in [0.2, 0.25) is 5.02 Å². The highest BCUT2D eigenvalue weighted by molar-refractivity contribution is 6.33. The molecule has 0 spiro atoms. The summed E-state index contributed by atoms with van der Waals surface area (Å²) in [4.78, 5) is 15.1. The zero-order chi connectivity index (χ0) is 18.3. The van der Waals surface area contributed by atoms with Crippen molar-refractivity contribution in [2.75, 3.05) is 0 Å². The molecular weight excluding hydrogens is 365 g/mol. The number of nitrogens with zero attached hydrogens (tertiary/aromatic N) is 3. The van der Waals surface area contributed by atoms with Crippen LogP contribution in [0.1, 0.15) is 5.56 Å². The number of aromatic amines is 1. The molecule has 0 bridgehead atoms. The number of alkyl halides is 3. The van der Waals surface area contributed by atoms with Crippen molar-refractivity contribution in [3.63, 3.8) is 0 Å². The smallest absolute Gasteiger partial charge is 0.337 e. The van der Waals surface area contributed by atoms with E-state index in [1.165, 1.54) is 0 Å². The molecule has 0 radical (unpaired) electrons. The molecule has 26 heavy (non-hydrogen) atoms. The Balaban J connectivity index is 1.75. The van der Waals surface area contributed by atoms with Gasteiger partial charge in [-0.1, -0.05) is 23.7 Å². The summed E-state index contributed by atoms with van der Waals surface area (Å²) in [5.74, 6) is 0.351. The number of imidazole rings is 1. The highest BCUT2D eigenvalue weighted by Crippen LogP contribution is 2.33. The van der Waals surface area contributed by atoms with Crippen LogP contribution in [0.4, 0.5) is 13.2 Å². The number of benzene rings is 1. The molecule has 3 heterocycles. The van der Waals surface area contributed by atoms with Gasteiger partial charge in [-0.15, -0.1) is 0 Å². The van der Waals surface area contributed by atoms with E-state index in [0.717, 1.165) is 23.5 Å². The molecule has 4 aromatic rings. The van der Waals surface area contributed by atoms with E-state index in [1.807, 2.05) is 24.3 Å². The molecule has 3 aromatic heterocycles. The lowest BCUT2D eigenvalue weighted by atomic mass is 10.1. The zero-order valence-electron chi connectivity index (χ0n) is 13.0. The molecule has 0 aliphatic rings. The number of halogens is 4. The SMILES string of the molecule is FC(F)(F)c1cnc2nc(-c3ccc(-c4ccccn4)cc3Cl)[nH]c2c1. The summed E-state index contributed by atoms with van der Waals surface area (Å²) in [6, 6.07) is 11.8. The van der Waals surface area contributed by atoms with Gasteiger partial charge < -0.3 is 4.98 Å². The number of aromatic nitrogens is 4. The normalized spacial score (nSPS) is 11.8. The van der Waals surface area contributed by atoms with E-state index in [1.54, 1.807) is 18.3 Å². The van der Waals surface area contributed by atoms with E-state index < -0.39 is 11.7 Å². The number of H-pyrrole nitrogens is 1. The summed E-state index contributed by atoms with van der Waals surface area (Å²) >= 11 is 6.36. The summed E-state index contributed by atoms with van der Waals surface area (Å²) in [7, 11) is 0. The van der Waals surface area contributed by atoms with Crippen LogP contribution in [0.25, 0.3) is 33.8 Å². The Morgan fingerprint density at radius 1 is 1.00 bits per heavy atom. The maximum atomic E-state index is 12.8. The largest absolute Gasteiger partial charge is 0.417 e. The van der Waals surface area contributed by atoms with Crippen LogP contribution in [0.15, 0.2) is 54.9 Å². The minimum atomic E-state index is -4.46. The van der Waals surface area contributed by atoms with Crippen molar-refractivity contribution in [1.82, 2.24) is 19.9 Å². The first-order chi connectivity index (χ1) is 12.4. The van der Waals surface area contributed by atoms with Crippen LogP contribution in [-0.4, -0.2) is 19.9 Å². The molecule has 0 fully saturated rings. The van der Waals surface area contributed by atoms with Crippen LogP contribution in [0.5, 0.6) is 0 Å². The Kier molecular flexibility index (Phi) is 3.88. The van der Waals surface area contributed by atoms with Gasteiger partial charge in [0, 0.05) is 23.5 Å².